The summed E-state index contributed by atoms with van der Waals surface area (Å²) < 4.78 is 0. The Bertz CT molecular complexity index is 100. The quantitative estimate of drug-likeness (QED) is 0.164. The lowest BCUT2D eigenvalue weighted by molar-refractivity contribution is 0.590. The summed E-state index contributed by atoms with van der Waals surface area (Å²) in [4.78, 5) is 3.72. The number of hydrogen-bond acceptors (Lipinski definition) is 3. The fraction of sp³-hybridized carbons (Fsp3) is 0.800. The number of nitrogens with two attached hydrogens (primary N) is 1. The van der Waals surface area contributed by atoms with Crippen molar-refractivity contribution in [1.29, 1.82) is 0 Å². The number of nitrogens with one attached hydrogen (secondary N) is 3. The highest BCUT2D eigenvalue weighted by atomic mass is 15.3. The molecule has 0 rings (SSSR count). The Hall–Kier alpha value is -0.810. The lowest BCUT2D eigenvalue weighted by atomic mass is 10.6. The highest BCUT2D eigenvalue weighted by molar-refractivity contribution is 5.77. The smallest absolute Gasteiger partial charge is 0.188 e. The van der Waals surface area contributed by atoms with Crippen molar-refractivity contribution in [2.75, 3.05) is 27.2 Å². The van der Waals surface area contributed by atoms with Gasteiger partial charge in [-0.2, -0.15) is 0 Å². The van der Waals surface area contributed by atoms with E-state index in [1.54, 1.807) is 7.05 Å². The van der Waals surface area contributed by atoms with Gasteiger partial charge in [0.15, 0.2) is 5.96 Å². The van der Waals surface area contributed by atoms with E-state index in [1.807, 2.05) is 7.05 Å². The molecule has 0 aromatic carbocycles. The van der Waals surface area contributed by atoms with Gasteiger partial charge in [-0.3, -0.25) is 15.8 Å². The van der Waals surface area contributed by atoms with Gasteiger partial charge in [-0.25, -0.2) is 0 Å². The predicted octanol–water partition coefficient (Wildman–Crippen LogP) is -1.76. The summed E-state index contributed by atoms with van der Waals surface area (Å²) in [5, 5.41) is 2.89. The van der Waals surface area contributed by atoms with Crippen molar-refractivity contribution in [3.8, 4) is 0 Å². The molecule has 0 aromatic heterocycles. The highest BCUT2D eigenvalue weighted by Crippen LogP contribution is 1.57. The van der Waals surface area contributed by atoms with E-state index in [4.69, 9.17) is 5.73 Å². The summed E-state index contributed by atoms with van der Waals surface area (Å²) in [6.07, 6.45) is 0. The van der Waals surface area contributed by atoms with Crippen molar-refractivity contribution in [3.05, 3.63) is 0 Å². The van der Waals surface area contributed by atoms with E-state index in [2.05, 4.69) is 21.2 Å². The third-order valence-corrected chi connectivity index (χ3v) is 0.974. The minimum atomic E-state index is 0.470. The Kier molecular flexibility index (Phi) is 5.80. The monoisotopic (exact) mass is 145 g/mol. The highest BCUT2D eigenvalue weighted by Gasteiger charge is 1.85. The van der Waals surface area contributed by atoms with Crippen molar-refractivity contribution in [2.45, 2.75) is 0 Å². The van der Waals surface area contributed by atoms with Gasteiger partial charge in [0.25, 0.3) is 0 Å². The van der Waals surface area contributed by atoms with E-state index in [-0.39, 0.29) is 0 Å². The Balaban J connectivity index is 3.04. The lowest BCUT2D eigenvalue weighted by Crippen LogP contribution is -2.39. The van der Waals surface area contributed by atoms with Crippen LogP contribution < -0.4 is 21.9 Å². The fourth-order valence-corrected chi connectivity index (χ4v) is 0.457. The Morgan fingerprint density at radius 3 is 2.70 bits per heavy atom. The van der Waals surface area contributed by atoms with Gasteiger partial charge in [0.05, 0.1) is 0 Å². The van der Waals surface area contributed by atoms with E-state index in [1.165, 1.54) is 0 Å². The molecule has 0 aliphatic carbocycles. The second-order valence-electron chi connectivity index (χ2n) is 1.71. The maximum absolute atomic E-state index is 5.35. The number of rotatable bonds is 4. The SMILES string of the molecule is CN=C(N)NCCNNC. The van der Waals surface area contributed by atoms with Crippen molar-refractivity contribution >= 4 is 5.96 Å². The van der Waals surface area contributed by atoms with Crippen LogP contribution in [0.4, 0.5) is 0 Å². The molecular formula is C5H15N5. The molecule has 0 saturated heterocycles. The van der Waals surface area contributed by atoms with Crippen LogP contribution in [0.2, 0.25) is 0 Å². The molecule has 10 heavy (non-hydrogen) atoms. The Morgan fingerprint density at radius 2 is 2.20 bits per heavy atom. The van der Waals surface area contributed by atoms with Crippen LogP contribution in [-0.4, -0.2) is 33.1 Å². The lowest BCUT2D eigenvalue weighted by Gasteiger charge is -2.04. The molecule has 0 spiro atoms. The molecule has 0 atom stereocenters. The molecule has 5 N–H and O–H groups in total. The van der Waals surface area contributed by atoms with Crippen LogP contribution >= 0.6 is 0 Å². The van der Waals surface area contributed by atoms with Gasteiger partial charge < -0.3 is 11.1 Å². The number of nitrogens with zero attached hydrogens (tertiary/aromatic N) is 1. The molecule has 0 saturated carbocycles. The van der Waals surface area contributed by atoms with Gasteiger partial charge >= 0.3 is 0 Å². The van der Waals surface area contributed by atoms with E-state index in [0.717, 1.165) is 13.1 Å². The minimum absolute atomic E-state index is 0.470. The van der Waals surface area contributed by atoms with Gasteiger partial charge in [0.1, 0.15) is 0 Å². The van der Waals surface area contributed by atoms with Crippen LogP contribution in [0.3, 0.4) is 0 Å². The summed E-state index contributed by atoms with van der Waals surface area (Å²) in [6, 6.07) is 0. The van der Waals surface area contributed by atoms with Gasteiger partial charge in [0, 0.05) is 20.1 Å². The van der Waals surface area contributed by atoms with Gasteiger partial charge in [-0.05, 0) is 7.05 Å². The number of guanidine groups is 1. The largest absolute Gasteiger partial charge is 0.370 e. The normalized spacial score (nSPS) is 11.6. The number of aliphatic imine (C=N–C) groups is 1. The summed E-state index contributed by atoms with van der Waals surface area (Å²) >= 11 is 0. The molecule has 0 radical (unpaired) electrons. The summed E-state index contributed by atoms with van der Waals surface area (Å²) in [5.41, 5.74) is 11.0. The molecule has 0 bridgehead atoms. The third kappa shape index (κ3) is 5.33. The zero-order chi connectivity index (χ0) is 7.82. The van der Waals surface area contributed by atoms with Crippen molar-refractivity contribution < 1.29 is 0 Å². The van der Waals surface area contributed by atoms with E-state index in [9.17, 15) is 0 Å². The topological polar surface area (TPSA) is 74.5 Å². The van der Waals surface area contributed by atoms with Gasteiger partial charge in [-0.15, -0.1) is 0 Å². The van der Waals surface area contributed by atoms with Crippen LogP contribution in [0.25, 0.3) is 0 Å². The maximum atomic E-state index is 5.35. The van der Waals surface area contributed by atoms with E-state index in [0.29, 0.717) is 5.96 Å². The first-order valence-corrected chi connectivity index (χ1v) is 3.17. The van der Waals surface area contributed by atoms with Crippen LogP contribution in [0.1, 0.15) is 0 Å². The average Bonchev–Trinajstić information content (AvgIpc) is 1.98. The second-order valence-corrected chi connectivity index (χ2v) is 1.71. The first-order valence-electron chi connectivity index (χ1n) is 3.17. The fourth-order valence-electron chi connectivity index (χ4n) is 0.457. The number of hydrogen-bond donors (Lipinski definition) is 4. The average molecular weight is 145 g/mol. The molecule has 0 aliphatic rings. The summed E-state index contributed by atoms with van der Waals surface area (Å²) in [7, 11) is 3.46. The second kappa shape index (κ2) is 6.31. The van der Waals surface area contributed by atoms with Gasteiger partial charge in [0.2, 0.25) is 0 Å². The van der Waals surface area contributed by atoms with Crippen LogP contribution in [0.15, 0.2) is 4.99 Å². The number of hydrazine groups is 1. The summed E-state index contributed by atoms with van der Waals surface area (Å²) in [5.74, 6) is 0.470. The molecule has 0 aliphatic heterocycles. The first kappa shape index (κ1) is 9.19. The predicted molar refractivity (Wildman–Crippen MR) is 42.6 cm³/mol. The third-order valence-electron chi connectivity index (χ3n) is 0.974. The zero-order valence-corrected chi connectivity index (χ0v) is 6.44. The first-order chi connectivity index (χ1) is 4.81. The molecule has 5 nitrogen and oxygen atoms in total. The van der Waals surface area contributed by atoms with Crippen molar-refractivity contribution in [3.63, 3.8) is 0 Å². The van der Waals surface area contributed by atoms with E-state index < -0.39 is 0 Å². The molecule has 5 heteroatoms. The van der Waals surface area contributed by atoms with Crippen LogP contribution in [0, 0.1) is 0 Å². The molecule has 0 aromatic rings. The van der Waals surface area contributed by atoms with Gasteiger partial charge in [-0.1, -0.05) is 0 Å². The Morgan fingerprint density at radius 1 is 1.50 bits per heavy atom. The molecule has 0 amide bonds. The standard InChI is InChI=1S/C5H15N5/c1-7-5(6)9-3-4-10-8-2/h8,10H,3-4H2,1-2H3,(H3,6,7,9). The van der Waals surface area contributed by atoms with Crippen molar-refractivity contribution in [2.24, 2.45) is 10.7 Å². The van der Waals surface area contributed by atoms with Crippen molar-refractivity contribution in [1.82, 2.24) is 16.2 Å². The molecule has 0 heterocycles. The molecule has 60 valence electrons. The maximum Gasteiger partial charge on any atom is 0.188 e. The minimum Gasteiger partial charge on any atom is -0.370 e. The molecular weight excluding hydrogens is 130 g/mol. The van der Waals surface area contributed by atoms with E-state index >= 15 is 0 Å². The summed E-state index contributed by atoms with van der Waals surface area (Å²) in [6.45, 7) is 1.58. The molecule has 0 unspecified atom stereocenters. The zero-order valence-electron chi connectivity index (χ0n) is 6.44. The Labute approximate surface area is 61.1 Å². The van der Waals surface area contributed by atoms with Crippen LogP contribution in [0.5, 0.6) is 0 Å². The van der Waals surface area contributed by atoms with Crippen LogP contribution in [-0.2, 0) is 0 Å². The molecule has 0 fully saturated rings.